The number of rotatable bonds is 4. The van der Waals surface area contributed by atoms with Gasteiger partial charge in [-0.15, -0.1) is 0 Å². The molecule has 0 saturated carbocycles. The van der Waals surface area contributed by atoms with Gasteiger partial charge in [0.25, 0.3) is 0 Å². The van der Waals surface area contributed by atoms with E-state index in [9.17, 15) is 9.90 Å². The molecule has 104 valence electrons. The highest BCUT2D eigenvalue weighted by Crippen LogP contribution is 2.20. The minimum absolute atomic E-state index is 0.419. The summed E-state index contributed by atoms with van der Waals surface area (Å²) in [6.07, 6.45) is 4.20. The third-order valence-electron chi connectivity index (χ3n) is 2.68. The number of carbonyl (C=O) groups is 1. The maximum Gasteiger partial charge on any atom is 0.188 e. The van der Waals surface area contributed by atoms with E-state index in [0.717, 1.165) is 5.56 Å². The van der Waals surface area contributed by atoms with Crippen LogP contribution in [-0.4, -0.2) is 31.3 Å². The van der Waals surface area contributed by atoms with E-state index in [2.05, 4.69) is 10.1 Å². The third-order valence-corrected chi connectivity index (χ3v) is 2.93. The summed E-state index contributed by atoms with van der Waals surface area (Å²) >= 11 is 5.86. The molecule has 0 saturated heterocycles. The molecule has 2 aromatic rings. The molecular formula is C14H14ClN3O2. The van der Waals surface area contributed by atoms with E-state index in [4.69, 9.17) is 11.6 Å². The lowest BCUT2D eigenvalue weighted by atomic mass is 10.0. The summed E-state index contributed by atoms with van der Waals surface area (Å²) in [7, 11) is 0. The van der Waals surface area contributed by atoms with Crippen LogP contribution in [0.4, 0.5) is 0 Å². The molecule has 0 atom stereocenters. The molecule has 0 fully saturated rings. The van der Waals surface area contributed by atoms with Crippen molar-refractivity contribution in [2.75, 3.05) is 0 Å². The Kier molecular flexibility index (Phi) is 4.01. The maximum absolute atomic E-state index is 12.0. The van der Waals surface area contributed by atoms with Crippen LogP contribution in [0.15, 0.2) is 43.0 Å². The van der Waals surface area contributed by atoms with Crippen molar-refractivity contribution in [2.45, 2.75) is 19.4 Å². The molecule has 0 aliphatic rings. The highest BCUT2D eigenvalue weighted by Gasteiger charge is 2.23. The van der Waals surface area contributed by atoms with E-state index in [-0.39, 0.29) is 0 Å². The van der Waals surface area contributed by atoms with E-state index >= 15 is 0 Å². The Morgan fingerprint density at radius 1 is 1.35 bits per heavy atom. The van der Waals surface area contributed by atoms with Crippen molar-refractivity contribution in [3.8, 4) is 0 Å². The molecule has 0 aliphatic heterocycles. The van der Waals surface area contributed by atoms with Gasteiger partial charge in [-0.2, -0.15) is 5.10 Å². The summed E-state index contributed by atoms with van der Waals surface area (Å²) in [6, 6.07) is 6.98. The van der Waals surface area contributed by atoms with Crippen molar-refractivity contribution in [1.29, 1.82) is 0 Å². The zero-order valence-corrected chi connectivity index (χ0v) is 11.9. The number of halogens is 1. The Morgan fingerprint density at radius 2 is 2.00 bits per heavy atom. The van der Waals surface area contributed by atoms with Crippen LogP contribution in [-0.2, 0) is 4.79 Å². The zero-order chi connectivity index (χ0) is 14.8. The summed E-state index contributed by atoms with van der Waals surface area (Å²) in [5.74, 6) is -0.419. The summed E-state index contributed by atoms with van der Waals surface area (Å²) in [5, 5.41) is 14.4. The molecule has 20 heavy (non-hydrogen) atoms. The molecule has 0 amide bonds. The number of ketones is 1. The largest absolute Gasteiger partial charge is 0.382 e. The van der Waals surface area contributed by atoms with Crippen LogP contribution < -0.4 is 0 Å². The van der Waals surface area contributed by atoms with Gasteiger partial charge >= 0.3 is 0 Å². The van der Waals surface area contributed by atoms with Gasteiger partial charge in [0.1, 0.15) is 18.3 Å². The van der Waals surface area contributed by atoms with E-state index in [1.807, 2.05) is 0 Å². The fourth-order valence-electron chi connectivity index (χ4n) is 1.54. The van der Waals surface area contributed by atoms with Gasteiger partial charge in [-0.1, -0.05) is 23.7 Å². The van der Waals surface area contributed by atoms with Crippen LogP contribution in [0, 0.1) is 0 Å². The first-order valence-electron chi connectivity index (χ1n) is 5.97. The lowest BCUT2D eigenvalue weighted by Crippen LogP contribution is -2.29. The number of benzene rings is 1. The van der Waals surface area contributed by atoms with Crippen LogP contribution in [0.1, 0.15) is 19.4 Å². The molecule has 1 aromatic carbocycles. The van der Waals surface area contributed by atoms with Crippen LogP contribution in [0.5, 0.6) is 0 Å². The van der Waals surface area contributed by atoms with Gasteiger partial charge in [0, 0.05) is 16.7 Å². The first-order valence-corrected chi connectivity index (χ1v) is 6.35. The molecule has 1 heterocycles. The van der Waals surface area contributed by atoms with E-state index in [1.165, 1.54) is 37.3 Å². The van der Waals surface area contributed by atoms with Gasteiger partial charge in [-0.05, 0) is 26.0 Å². The smallest absolute Gasteiger partial charge is 0.188 e. The van der Waals surface area contributed by atoms with Gasteiger partial charge in [0.15, 0.2) is 5.78 Å². The summed E-state index contributed by atoms with van der Waals surface area (Å²) in [4.78, 5) is 15.9. The van der Waals surface area contributed by atoms with Crippen molar-refractivity contribution >= 4 is 23.1 Å². The molecule has 0 spiro atoms. The average Bonchev–Trinajstić information content (AvgIpc) is 2.89. The topological polar surface area (TPSA) is 68.0 Å². The van der Waals surface area contributed by atoms with Crippen LogP contribution in [0.2, 0.25) is 5.02 Å². The lowest BCUT2D eigenvalue weighted by Gasteiger charge is -2.14. The van der Waals surface area contributed by atoms with Crippen molar-refractivity contribution < 1.29 is 9.90 Å². The third kappa shape index (κ3) is 3.31. The Bertz CT molecular complexity index is 625. The number of aliphatic hydroxyl groups is 1. The minimum atomic E-state index is -1.45. The Morgan fingerprint density at radius 3 is 2.50 bits per heavy atom. The Labute approximate surface area is 121 Å². The molecule has 1 aromatic heterocycles. The van der Waals surface area contributed by atoms with Gasteiger partial charge in [0.05, 0.1) is 5.70 Å². The van der Waals surface area contributed by atoms with Crippen LogP contribution >= 0.6 is 11.6 Å². The first kappa shape index (κ1) is 14.4. The maximum atomic E-state index is 12.0. The van der Waals surface area contributed by atoms with E-state index in [1.54, 1.807) is 24.3 Å². The number of hydrogen-bond donors (Lipinski definition) is 1. The molecule has 1 N–H and O–H groups in total. The van der Waals surface area contributed by atoms with Crippen molar-refractivity contribution in [2.24, 2.45) is 0 Å². The number of aromatic nitrogens is 3. The minimum Gasteiger partial charge on any atom is -0.382 e. The summed E-state index contributed by atoms with van der Waals surface area (Å²) in [5.41, 5.74) is -0.179. The predicted octanol–water partition coefficient (Wildman–Crippen LogP) is 2.16. The molecule has 0 aliphatic carbocycles. The van der Waals surface area contributed by atoms with Gasteiger partial charge in [0.2, 0.25) is 0 Å². The van der Waals surface area contributed by atoms with Gasteiger partial charge in [-0.25, -0.2) is 9.67 Å². The number of hydrogen-bond acceptors (Lipinski definition) is 4. The summed E-state index contributed by atoms with van der Waals surface area (Å²) in [6.45, 7) is 2.87. The van der Waals surface area contributed by atoms with Crippen molar-refractivity contribution in [3.05, 3.63) is 53.6 Å². The second kappa shape index (κ2) is 5.56. The average molecular weight is 292 g/mol. The predicted molar refractivity (Wildman–Crippen MR) is 76.2 cm³/mol. The lowest BCUT2D eigenvalue weighted by molar-refractivity contribution is -0.128. The highest BCUT2D eigenvalue weighted by molar-refractivity contribution is 6.30. The quantitative estimate of drug-likeness (QED) is 0.877. The molecular weight excluding hydrogens is 278 g/mol. The van der Waals surface area contributed by atoms with Gasteiger partial charge < -0.3 is 5.11 Å². The molecule has 2 rings (SSSR count). The molecule has 6 heteroatoms. The molecule has 0 bridgehead atoms. The Hall–Kier alpha value is -1.98. The first-order chi connectivity index (χ1) is 9.38. The fraction of sp³-hybridized carbons (Fsp3) is 0.214. The molecule has 5 nitrogen and oxygen atoms in total. The molecule has 0 radical (unpaired) electrons. The number of carbonyl (C=O) groups excluding carboxylic acids is 1. The van der Waals surface area contributed by atoms with Crippen LogP contribution in [0.25, 0.3) is 5.70 Å². The normalized spacial score (nSPS) is 12.5. The van der Waals surface area contributed by atoms with Gasteiger partial charge in [-0.3, -0.25) is 4.79 Å². The monoisotopic (exact) mass is 291 g/mol. The fourth-order valence-corrected chi connectivity index (χ4v) is 1.66. The molecule has 0 unspecified atom stereocenters. The van der Waals surface area contributed by atoms with E-state index in [0.29, 0.717) is 10.7 Å². The summed E-state index contributed by atoms with van der Waals surface area (Å²) < 4.78 is 1.47. The number of nitrogens with zero attached hydrogens (tertiary/aromatic N) is 3. The second-order valence-electron chi connectivity index (χ2n) is 4.80. The van der Waals surface area contributed by atoms with E-state index < -0.39 is 11.4 Å². The highest BCUT2D eigenvalue weighted by atomic mass is 35.5. The zero-order valence-electron chi connectivity index (χ0n) is 11.1. The standard InChI is InChI=1S/C14H14ClN3O2/c1-14(2,20)13(19)7-12(18-9-16-8-17-18)10-3-5-11(15)6-4-10/h3-9,20H,1-2H3. The SMILES string of the molecule is CC(C)(O)C(=O)C=C(c1ccc(Cl)cc1)n1cncn1. The van der Waals surface area contributed by atoms with Crippen molar-refractivity contribution in [1.82, 2.24) is 14.8 Å². The van der Waals surface area contributed by atoms with Crippen LogP contribution in [0.3, 0.4) is 0 Å². The second-order valence-corrected chi connectivity index (χ2v) is 5.24. The van der Waals surface area contributed by atoms with Crippen molar-refractivity contribution in [3.63, 3.8) is 0 Å². The Balaban J connectivity index is 2.49.